The predicted molar refractivity (Wildman–Crippen MR) is 230 cm³/mol. The van der Waals surface area contributed by atoms with Gasteiger partial charge in [0.1, 0.15) is 12.6 Å². The quantitative estimate of drug-likeness (QED) is 0.0211. The molecule has 312 valence electrons. The van der Waals surface area contributed by atoms with Gasteiger partial charge in [0.05, 0.1) is 40.3 Å². The van der Waals surface area contributed by atoms with Gasteiger partial charge in [-0.1, -0.05) is 142 Å². The zero-order valence-corrected chi connectivity index (χ0v) is 35.2. The van der Waals surface area contributed by atoms with Gasteiger partial charge < -0.3 is 28.6 Å². The van der Waals surface area contributed by atoms with E-state index in [9.17, 15) is 19.5 Å². The number of allylic oxidation sites excluding steroid dienone is 20. The highest BCUT2D eigenvalue weighted by atomic mass is 16.6. The number of carboxylic acids is 1. The van der Waals surface area contributed by atoms with Crippen LogP contribution in [0.2, 0.25) is 0 Å². The van der Waals surface area contributed by atoms with Gasteiger partial charge in [0.2, 0.25) is 0 Å². The normalized spacial score (nSPS) is 14.2. The summed E-state index contributed by atoms with van der Waals surface area (Å²) in [5.74, 6) is -1.90. The third-order valence-corrected chi connectivity index (χ3v) is 8.22. The Bertz CT molecular complexity index is 1320. The number of rotatable bonds is 34. The minimum absolute atomic E-state index is 0.00846. The molecule has 0 radical (unpaired) electrons. The van der Waals surface area contributed by atoms with E-state index in [-0.39, 0.29) is 49.5 Å². The number of hydrogen-bond acceptors (Lipinski definition) is 7. The van der Waals surface area contributed by atoms with E-state index < -0.39 is 24.1 Å². The molecule has 0 rings (SSSR count). The molecule has 0 bridgehead atoms. The Morgan fingerprint density at radius 1 is 0.554 bits per heavy atom. The molecule has 0 aliphatic carbocycles. The first kappa shape index (κ1) is 51.7. The molecule has 0 fully saturated rings. The van der Waals surface area contributed by atoms with E-state index >= 15 is 0 Å². The Morgan fingerprint density at radius 3 is 1.61 bits per heavy atom. The number of ether oxygens (including phenoxy) is 3. The van der Waals surface area contributed by atoms with Crippen molar-refractivity contribution in [1.82, 2.24) is 0 Å². The van der Waals surface area contributed by atoms with Gasteiger partial charge >= 0.3 is 11.9 Å². The van der Waals surface area contributed by atoms with Crippen LogP contribution in [0.5, 0.6) is 0 Å². The second kappa shape index (κ2) is 37.6. The lowest BCUT2D eigenvalue weighted by molar-refractivity contribution is -0.889. The molecule has 0 aromatic rings. The summed E-state index contributed by atoms with van der Waals surface area (Å²) >= 11 is 0. The molecule has 0 aromatic heterocycles. The summed E-state index contributed by atoms with van der Waals surface area (Å²) in [5.41, 5.74) is 0. The molecule has 0 saturated carbocycles. The van der Waals surface area contributed by atoms with Crippen molar-refractivity contribution >= 4 is 17.9 Å². The number of likely N-dealkylation sites (N-methyl/N-ethyl adjacent to an activating group) is 1. The van der Waals surface area contributed by atoms with Crippen LogP contribution in [0.1, 0.15) is 110 Å². The molecule has 8 nitrogen and oxygen atoms in total. The Kier molecular flexibility index (Phi) is 34.8. The smallest absolute Gasteiger partial charge is 0.306 e. The van der Waals surface area contributed by atoms with Gasteiger partial charge in [0.15, 0.2) is 6.10 Å². The number of unbranched alkanes of at least 4 members (excludes halogenated alkanes) is 4. The highest BCUT2D eigenvalue weighted by molar-refractivity contribution is 5.70. The van der Waals surface area contributed by atoms with E-state index in [1.165, 1.54) is 0 Å². The van der Waals surface area contributed by atoms with Crippen LogP contribution in [0, 0.1) is 0 Å². The first-order valence-corrected chi connectivity index (χ1v) is 20.6. The average molecular weight is 776 g/mol. The van der Waals surface area contributed by atoms with Gasteiger partial charge in [-0.25, -0.2) is 0 Å². The highest BCUT2D eigenvalue weighted by Gasteiger charge is 2.25. The third kappa shape index (κ3) is 35.4. The van der Waals surface area contributed by atoms with Crippen LogP contribution in [-0.4, -0.2) is 75.5 Å². The second-order valence-electron chi connectivity index (χ2n) is 14.2. The van der Waals surface area contributed by atoms with Crippen molar-refractivity contribution in [2.45, 2.75) is 122 Å². The minimum atomic E-state index is -1.15. The largest absolute Gasteiger partial charge is 0.544 e. The lowest BCUT2D eigenvalue weighted by Crippen LogP contribution is -2.55. The number of hydrogen-bond donors (Lipinski definition) is 0. The highest BCUT2D eigenvalue weighted by Crippen LogP contribution is 2.10. The van der Waals surface area contributed by atoms with E-state index in [0.29, 0.717) is 19.3 Å². The maximum absolute atomic E-state index is 12.6. The van der Waals surface area contributed by atoms with Crippen molar-refractivity contribution in [1.29, 1.82) is 0 Å². The van der Waals surface area contributed by atoms with Gasteiger partial charge in [-0.05, 0) is 70.6 Å². The number of quaternary nitrogens is 1. The molecule has 56 heavy (non-hydrogen) atoms. The topological polar surface area (TPSA) is 102 Å². The fraction of sp³-hybridized carbons (Fsp3) is 0.521. The standard InChI is InChI=1S/C48H73NO7/c1-6-8-10-12-14-16-18-20-21-22-23-24-25-27-28-30-32-34-36-38-46(50)55-43-44(42-54-41-40-45(48(52)53)49(3,4)5)56-47(51)39-37-35-33-31-29-26-19-17-15-13-11-9-7-2/h8-11,13-17,19-21,23-24,26-29,31,33,44-45H,6-7,12,18,22,25,30,32,34-43H2,1-5H3/b10-8+,11-9+,15-13+,16-14+,19-17+,21-20+,24-23+,28-27+,29-26+,33-31+. The molecule has 2 atom stereocenters. The SMILES string of the molecule is CC/C=C/C=C/C=C/C=C/C=C/CCCC(=O)OC(COCCC(C(=O)[O-])[N+](C)(C)C)COC(=O)CCCCC/C=C/C/C=C/C/C=C/C/C=C/C/C=C/CC. The molecule has 8 heteroatoms. The molecule has 0 heterocycles. The lowest BCUT2D eigenvalue weighted by atomic mass is 10.1. The van der Waals surface area contributed by atoms with E-state index in [0.717, 1.165) is 57.8 Å². The molecular formula is C48H73NO7. The van der Waals surface area contributed by atoms with Crippen molar-refractivity contribution in [2.75, 3.05) is 41.0 Å². The fourth-order valence-electron chi connectivity index (χ4n) is 5.07. The van der Waals surface area contributed by atoms with Crippen LogP contribution in [0.3, 0.4) is 0 Å². The molecule has 0 aliphatic rings. The summed E-state index contributed by atoms with van der Waals surface area (Å²) in [5, 5.41) is 11.6. The molecular weight excluding hydrogens is 703 g/mol. The Balaban J connectivity index is 4.56. The van der Waals surface area contributed by atoms with Crippen molar-refractivity contribution < 1.29 is 38.2 Å². The average Bonchev–Trinajstić information content (AvgIpc) is 3.15. The number of carbonyl (C=O) groups is 3. The van der Waals surface area contributed by atoms with E-state index in [1.807, 2.05) is 54.7 Å². The number of carbonyl (C=O) groups excluding carboxylic acids is 3. The minimum Gasteiger partial charge on any atom is -0.544 e. The van der Waals surface area contributed by atoms with E-state index in [4.69, 9.17) is 14.2 Å². The second-order valence-corrected chi connectivity index (χ2v) is 14.2. The summed E-state index contributed by atoms with van der Waals surface area (Å²) in [6, 6.07) is -0.751. The van der Waals surface area contributed by atoms with Gasteiger partial charge in [0, 0.05) is 19.3 Å². The monoisotopic (exact) mass is 776 g/mol. The summed E-state index contributed by atoms with van der Waals surface area (Å²) in [6.07, 6.45) is 52.4. The molecule has 0 aliphatic heterocycles. The van der Waals surface area contributed by atoms with Crippen LogP contribution in [0.25, 0.3) is 0 Å². The number of carboxylic acid groups (broad SMARTS) is 1. The maximum atomic E-state index is 12.6. The number of aliphatic carboxylic acids is 1. The summed E-state index contributed by atoms with van der Waals surface area (Å²) in [6.45, 7) is 4.24. The lowest BCUT2D eigenvalue weighted by Gasteiger charge is -2.34. The Hall–Kier alpha value is -4.27. The van der Waals surface area contributed by atoms with E-state index in [1.54, 1.807) is 21.1 Å². The van der Waals surface area contributed by atoms with Gasteiger partial charge in [-0.2, -0.15) is 0 Å². The molecule has 2 unspecified atom stereocenters. The van der Waals surface area contributed by atoms with Crippen LogP contribution < -0.4 is 5.11 Å². The van der Waals surface area contributed by atoms with Crippen LogP contribution >= 0.6 is 0 Å². The summed E-state index contributed by atoms with van der Waals surface area (Å²) < 4.78 is 17.0. The van der Waals surface area contributed by atoms with E-state index in [2.05, 4.69) is 80.7 Å². The summed E-state index contributed by atoms with van der Waals surface area (Å²) in [4.78, 5) is 36.7. The van der Waals surface area contributed by atoms with Crippen molar-refractivity contribution in [3.05, 3.63) is 122 Å². The van der Waals surface area contributed by atoms with Crippen LogP contribution in [0.15, 0.2) is 122 Å². The molecule has 0 saturated heterocycles. The van der Waals surface area contributed by atoms with Gasteiger partial charge in [0.25, 0.3) is 0 Å². The zero-order valence-electron chi connectivity index (χ0n) is 35.2. The van der Waals surface area contributed by atoms with Crippen LogP contribution in [0.4, 0.5) is 0 Å². The molecule has 0 amide bonds. The maximum Gasteiger partial charge on any atom is 0.306 e. The molecule has 0 aromatic carbocycles. The zero-order chi connectivity index (χ0) is 41.4. The van der Waals surface area contributed by atoms with Gasteiger partial charge in [-0.15, -0.1) is 0 Å². The first-order chi connectivity index (χ1) is 27.1. The fourth-order valence-corrected chi connectivity index (χ4v) is 5.07. The van der Waals surface area contributed by atoms with Crippen molar-refractivity contribution in [3.63, 3.8) is 0 Å². The summed E-state index contributed by atoms with van der Waals surface area (Å²) in [7, 11) is 5.35. The predicted octanol–water partition coefficient (Wildman–Crippen LogP) is 9.74. The Labute approximate surface area is 340 Å². The number of nitrogens with zero attached hydrogens (tertiary/aromatic N) is 1. The first-order valence-electron chi connectivity index (χ1n) is 20.6. The van der Waals surface area contributed by atoms with Crippen molar-refractivity contribution in [2.24, 2.45) is 0 Å². The van der Waals surface area contributed by atoms with Crippen LogP contribution in [-0.2, 0) is 28.6 Å². The van der Waals surface area contributed by atoms with Gasteiger partial charge in [-0.3, -0.25) is 9.59 Å². The molecule has 0 N–H and O–H groups in total. The third-order valence-electron chi connectivity index (χ3n) is 8.22. The Morgan fingerprint density at radius 2 is 1.05 bits per heavy atom. The molecule has 0 spiro atoms. The van der Waals surface area contributed by atoms with Crippen molar-refractivity contribution in [3.8, 4) is 0 Å². The number of esters is 2.